The summed E-state index contributed by atoms with van der Waals surface area (Å²) in [5.41, 5.74) is 9.70. The van der Waals surface area contributed by atoms with Gasteiger partial charge in [-0.2, -0.15) is 0 Å². The van der Waals surface area contributed by atoms with Crippen LogP contribution in [0, 0.1) is 5.82 Å². The third-order valence-electron chi connectivity index (χ3n) is 8.76. The third-order valence-corrected chi connectivity index (χ3v) is 9.05. The van der Waals surface area contributed by atoms with Gasteiger partial charge in [-0.25, -0.2) is 13.8 Å². The number of nitrogens with one attached hydrogen (secondary N) is 1. The van der Waals surface area contributed by atoms with Gasteiger partial charge in [0.1, 0.15) is 34.8 Å². The number of halogens is 3. The highest BCUT2D eigenvalue weighted by atomic mass is 35.5. The summed E-state index contributed by atoms with van der Waals surface area (Å²) in [6.45, 7) is 0.999. The molecule has 1 saturated carbocycles. The molecule has 2 aliphatic rings. The second-order valence-corrected chi connectivity index (χ2v) is 12.5. The maximum atomic E-state index is 15.5. The summed E-state index contributed by atoms with van der Waals surface area (Å²) in [5, 5.41) is 15.1. The highest BCUT2D eigenvalue weighted by Crippen LogP contribution is 2.47. The van der Waals surface area contributed by atoms with Crippen LogP contribution >= 0.6 is 11.6 Å². The smallest absolute Gasteiger partial charge is 0.251 e. The van der Waals surface area contributed by atoms with Gasteiger partial charge in [-0.3, -0.25) is 14.6 Å². The third kappa shape index (κ3) is 5.82. The Morgan fingerprint density at radius 2 is 1.92 bits per heavy atom. The van der Waals surface area contributed by atoms with Crippen LogP contribution in [-0.4, -0.2) is 54.2 Å². The van der Waals surface area contributed by atoms with E-state index in [0.717, 1.165) is 0 Å². The molecule has 248 valence electrons. The lowest BCUT2D eigenvalue weighted by Crippen LogP contribution is -2.43. The maximum absolute atomic E-state index is 15.5. The zero-order valence-corrected chi connectivity index (χ0v) is 26.8. The SMILES string of the molecule is COc1cc(C(=O)NC[C@@](O)(c2ccccc2)c2cc3c(c(-c4cccc(Cl)c4F)n2)OC[C@]3(C)C(N)=O)cc(/C=N/C2(F)CC2)c1N. The summed E-state index contributed by atoms with van der Waals surface area (Å²) < 4.78 is 40.9. The van der Waals surface area contributed by atoms with Gasteiger partial charge < -0.3 is 31.4 Å². The van der Waals surface area contributed by atoms with Gasteiger partial charge in [-0.1, -0.05) is 48.0 Å². The second-order valence-electron chi connectivity index (χ2n) is 12.1. The molecule has 2 amide bonds. The number of hydrogen-bond donors (Lipinski definition) is 4. The van der Waals surface area contributed by atoms with E-state index in [1.807, 2.05) is 0 Å². The lowest BCUT2D eigenvalue weighted by Gasteiger charge is -2.30. The van der Waals surface area contributed by atoms with Gasteiger partial charge in [0.25, 0.3) is 5.91 Å². The lowest BCUT2D eigenvalue weighted by atomic mass is 9.80. The van der Waals surface area contributed by atoms with Crippen molar-refractivity contribution in [1.82, 2.24) is 10.3 Å². The molecule has 1 fully saturated rings. The van der Waals surface area contributed by atoms with Gasteiger partial charge in [0.2, 0.25) is 5.91 Å². The van der Waals surface area contributed by atoms with Crippen molar-refractivity contribution in [1.29, 1.82) is 0 Å². The topological polar surface area (TPSA) is 162 Å². The number of aliphatic imine (C=N–C) groups is 1. The summed E-state index contributed by atoms with van der Waals surface area (Å²) in [6.07, 6.45) is 1.86. The molecule has 2 atom stereocenters. The first-order valence-corrected chi connectivity index (χ1v) is 15.4. The van der Waals surface area contributed by atoms with Crippen molar-refractivity contribution in [2.45, 2.75) is 36.6 Å². The second kappa shape index (κ2) is 12.2. The minimum absolute atomic E-state index is 0.0124. The molecule has 3 aromatic carbocycles. The van der Waals surface area contributed by atoms with Crippen LogP contribution in [0.25, 0.3) is 11.3 Å². The van der Waals surface area contributed by atoms with E-state index < -0.39 is 41.0 Å². The van der Waals surface area contributed by atoms with Gasteiger partial charge in [0, 0.05) is 41.3 Å². The minimum atomic E-state index is -2.04. The minimum Gasteiger partial charge on any atom is -0.495 e. The number of amides is 2. The Hall–Kier alpha value is -5.07. The van der Waals surface area contributed by atoms with Crippen molar-refractivity contribution < 1.29 is 33.0 Å². The fourth-order valence-corrected chi connectivity index (χ4v) is 5.68. The summed E-state index contributed by atoms with van der Waals surface area (Å²) in [7, 11) is 1.38. The Labute approximate surface area is 279 Å². The number of carbonyl (C=O) groups excluding carboxylic acids is 2. The van der Waals surface area contributed by atoms with E-state index in [0.29, 0.717) is 18.4 Å². The number of hydrogen-bond acceptors (Lipinski definition) is 8. The van der Waals surface area contributed by atoms with Crippen LogP contribution in [0.4, 0.5) is 14.5 Å². The predicted octanol–water partition coefficient (Wildman–Crippen LogP) is 4.81. The van der Waals surface area contributed by atoms with E-state index >= 15 is 4.39 Å². The zero-order valence-electron chi connectivity index (χ0n) is 26.0. The number of aromatic nitrogens is 1. The summed E-state index contributed by atoms with van der Waals surface area (Å²) >= 11 is 6.12. The van der Waals surface area contributed by atoms with E-state index in [-0.39, 0.29) is 62.5 Å². The number of pyridine rings is 1. The number of nitrogens with zero attached hydrogens (tertiary/aromatic N) is 2. The van der Waals surface area contributed by atoms with Gasteiger partial charge in [0.05, 0.1) is 30.1 Å². The van der Waals surface area contributed by atoms with Crippen molar-refractivity contribution in [2.24, 2.45) is 10.7 Å². The molecule has 0 unspecified atom stereocenters. The first-order valence-electron chi connectivity index (χ1n) is 15.0. The van der Waals surface area contributed by atoms with Crippen molar-refractivity contribution >= 4 is 35.3 Å². The van der Waals surface area contributed by atoms with Crippen LogP contribution in [0.1, 0.15) is 52.5 Å². The number of fused-ring (bicyclic) bond motifs is 1. The molecule has 0 radical (unpaired) electrons. The van der Waals surface area contributed by atoms with Crippen LogP contribution < -0.4 is 26.3 Å². The number of nitrogen functional groups attached to an aromatic ring is 1. The molecule has 0 saturated heterocycles. The lowest BCUT2D eigenvalue weighted by molar-refractivity contribution is -0.123. The largest absolute Gasteiger partial charge is 0.495 e. The first-order chi connectivity index (χ1) is 22.8. The number of rotatable bonds is 10. The van der Waals surface area contributed by atoms with E-state index in [1.54, 1.807) is 37.3 Å². The number of benzene rings is 3. The normalized spacial score (nSPS) is 18.9. The molecule has 2 heterocycles. The molecule has 1 aromatic heterocycles. The predicted molar refractivity (Wildman–Crippen MR) is 177 cm³/mol. The monoisotopic (exact) mass is 675 g/mol. The molecule has 48 heavy (non-hydrogen) atoms. The standard InChI is InChI=1S/C35H32ClF2N5O5/c1-33(32(40)45)18-48-30-23(33)15-26(43-29(30)22-9-6-10-24(36)27(22)37)35(46,21-7-4-3-5-8-21)17-41-31(44)19-13-20(16-42-34(38)11-12-34)28(39)25(14-19)47-2/h3-10,13-16,46H,11-12,17-18,39H2,1-2H3,(H2,40,45)(H,41,44)/b42-16+/t33-,35+/m0/s1. The average Bonchev–Trinajstić information content (AvgIpc) is 3.72. The fourth-order valence-electron chi connectivity index (χ4n) is 5.51. The van der Waals surface area contributed by atoms with E-state index in [4.69, 9.17) is 32.5 Å². The van der Waals surface area contributed by atoms with Crippen molar-refractivity contribution in [3.8, 4) is 22.8 Å². The molecule has 0 spiro atoms. The number of primary amides is 1. The number of methoxy groups -OCH3 is 1. The van der Waals surface area contributed by atoms with Crippen LogP contribution in [0.5, 0.6) is 11.5 Å². The molecule has 1 aliphatic heterocycles. The van der Waals surface area contributed by atoms with Gasteiger partial charge in [-0.05, 0) is 42.8 Å². The van der Waals surface area contributed by atoms with Crippen molar-refractivity contribution in [3.63, 3.8) is 0 Å². The first kappa shape index (κ1) is 32.9. The fraction of sp³-hybridized carbons (Fsp3) is 0.257. The molecular weight excluding hydrogens is 644 g/mol. The Balaban J connectivity index is 1.45. The Bertz CT molecular complexity index is 1970. The number of alkyl halides is 1. The molecule has 4 aromatic rings. The highest BCUT2D eigenvalue weighted by Gasteiger charge is 2.46. The molecule has 13 heteroatoms. The quantitative estimate of drug-likeness (QED) is 0.107. The van der Waals surface area contributed by atoms with E-state index in [2.05, 4.69) is 15.3 Å². The highest BCUT2D eigenvalue weighted by molar-refractivity contribution is 6.31. The van der Waals surface area contributed by atoms with E-state index in [9.17, 15) is 19.1 Å². The van der Waals surface area contributed by atoms with Gasteiger partial charge in [-0.15, -0.1) is 0 Å². The molecule has 6 rings (SSSR count). The number of anilines is 1. The number of carbonyl (C=O) groups is 2. The molecule has 10 nitrogen and oxygen atoms in total. The van der Waals surface area contributed by atoms with Crippen molar-refractivity contribution in [2.75, 3.05) is 26.0 Å². The van der Waals surface area contributed by atoms with Crippen LogP contribution in [0.15, 0.2) is 71.7 Å². The molecule has 6 N–H and O–H groups in total. The molecule has 1 aliphatic carbocycles. The van der Waals surface area contributed by atoms with Gasteiger partial charge in [0.15, 0.2) is 11.6 Å². The Morgan fingerprint density at radius 1 is 1.19 bits per heavy atom. The van der Waals surface area contributed by atoms with Crippen LogP contribution in [0.2, 0.25) is 5.02 Å². The van der Waals surface area contributed by atoms with Crippen LogP contribution in [0.3, 0.4) is 0 Å². The maximum Gasteiger partial charge on any atom is 0.251 e. The average molecular weight is 676 g/mol. The number of ether oxygens (including phenoxy) is 2. The summed E-state index contributed by atoms with van der Waals surface area (Å²) in [6, 6.07) is 17.1. The summed E-state index contributed by atoms with van der Waals surface area (Å²) in [4.78, 5) is 35.0. The number of nitrogens with two attached hydrogens (primary N) is 2. The molecular formula is C35H32ClF2N5O5. The summed E-state index contributed by atoms with van der Waals surface area (Å²) in [5.74, 6) is -3.47. The van der Waals surface area contributed by atoms with Gasteiger partial charge >= 0.3 is 0 Å². The number of aliphatic hydroxyl groups is 1. The Kier molecular flexibility index (Phi) is 8.34. The van der Waals surface area contributed by atoms with Crippen molar-refractivity contribution in [3.05, 3.63) is 106 Å². The van der Waals surface area contributed by atoms with Crippen LogP contribution in [-0.2, 0) is 15.8 Å². The zero-order chi connectivity index (χ0) is 34.4. The van der Waals surface area contributed by atoms with E-state index in [1.165, 1.54) is 49.7 Å². The Morgan fingerprint density at radius 3 is 2.58 bits per heavy atom. The molecule has 0 bridgehead atoms.